The number of urea groups is 1. The maximum absolute atomic E-state index is 12.4. The van der Waals surface area contributed by atoms with E-state index in [4.69, 9.17) is 19.2 Å². The minimum Gasteiger partial charge on any atom is -0.497 e. The number of ether oxygens (including phenoxy) is 3. The number of nitrogens with zero attached hydrogens (tertiary/aromatic N) is 3. The molecule has 1 aliphatic heterocycles. The van der Waals surface area contributed by atoms with E-state index in [0.29, 0.717) is 36.1 Å². The summed E-state index contributed by atoms with van der Waals surface area (Å²) in [6.45, 7) is 2.41. The number of nitrogens with one attached hydrogen (secondary N) is 2. The van der Waals surface area contributed by atoms with E-state index >= 15 is 0 Å². The molecule has 0 bridgehead atoms. The van der Waals surface area contributed by atoms with Crippen molar-refractivity contribution in [1.29, 1.82) is 0 Å². The molecule has 3 aromatic rings. The molecule has 186 valence electrons. The number of hydrogen-bond donors (Lipinski definition) is 2. The highest BCUT2D eigenvalue weighted by molar-refractivity contribution is 7.09. The summed E-state index contributed by atoms with van der Waals surface area (Å²) in [5.74, 6) is 3.30. The Morgan fingerprint density at radius 1 is 1.06 bits per heavy atom. The first-order valence-electron chi connectivity index (χ1n) is 11.5. The number of piperidine rings is 1. The lowest BCUT2D eigenvalue weighted by Gasteiger charge is -2.31. The third-order valence-corrected chi connectivity index (χ3v) is 6.86. The Labute approximate surface area is 209 Å². The average Bonchev–Trinajstić information content (AvgIpc) is 3.36. The molecule has 0 radical (unpaired) electrons. The van der Waals surface area contributed by atoms with E-state index in [1.807, 2.05) is 18.2 Å². The predicted molar refractivity (Wildman–Crippen MR) is 137 cm³/mol. The van der Waals surface area contributed by atoms with E-state index in [1.54, 1.807) is 39.5 Å². The number of rotatable bonds is 9. The zero-order valence-corrected chi connectivity index (χ0v) is 21.1. The Bertz CT molecular complexity index is 1130. The van der Waals surface area contributed by atoms with Gasteiger partial charge in [0.15, 0.2) is 0 Å². The second-order valence-corrected chi connectivity index (χ2v) is 9.08. The fourth-order valence-corrected chi connectivity index (χ4v) is 4.78. The molecule has 1 aliphatic rings. The molecule has 1 saturated heterocycles. The molecule has 9 nitrogen and oxygen atoms in total. The molecule has 4 rings (SSSR count). The number of amides is 2. The number of methoxy groups -OCH3 is 3. The van der Waals surface area contributed by atoms with Crippen molar-refractivity contribution in [2.75, 3.05) is 51.2 Å². The van der Waals surface area contributed by atoms with Gasteiger partial charge in [0.25, 0.3) is 0 Å². The van der Waals surface area contributed by atoms with Crippen LogP contribution in [0.1, 0.15) is 24.2 Å². The molecule has 1 aromatic heterocycles. The monoisotopic (exact) mass is 497 g/mol. The summed E-state index contributed by atoms with van der Waals surface area (Å²) in [7, 11) is 4.82. The molecular weight excluding hydrogens is 466 g/mol. The number of hydrogen-bond acceptors (Lipinski definition) is 8. The fraction of sp³-hybridized carbons (Fsp3) is 0.400. The van der Waals surface area contributed by atoms with Crippen LogP contribution in [0.4, 0.5) is 15.6 Å². The number of carbonyl (C=O) groups is 1. The molecule has 0 unspecified atom stereocenters. The number of aromatic nitrogens is 2. The molecule has 0 aliphatic carbocycles. The van der Waals surface area contributed by atoms with Crippen molar-refractivity contribution in [2.45, 2.75) is 19.3 Å². The highest BCUT2D eigenvalue weighted by Crippen LogP contribution is 2.29. The first-order valence-corrected chi connectivity index (χ1v) is 12.3. The standard InChI is InChI=1S/C25H31N5O4S/c1-32-19-6-4-5-18(13-19)14-23-28-25(35-29-23)30-11-9-17(10-12-30)16-26-24(31)27-21-8-7-20(33-2)15-22(21)34-3/h4-8,13,15,17H,9-12,14,16H2,1-3H3,(H2,26,27,31). The maximum atomic E-state index is 12.4. The zero-order valence-electron chi connectivity index (χ0n) is 20.2. The van der Waals surface area contributed by atoms with Crippen LogP contribution in [0.2, 0.25) is 0 Å². The third-order valence-electron chi connectivity index (χ3n) is 6.05. The van der Waals surface area contributed by atoms with Gasteiger partial charge >= 0.3 is 6.03 Å². The van der Waals surface area contributed by atoms with Gasteiger partial charge in [0.05, 0.1) is 27.0 Å². The van der Waals surface area contributed by atoms with Crippen LogP contribution in [0.25, 0.3) is 0 Å². The van der Waals surface area contributed by atoms with E-state index in [-0.39, 0.29) is 6.03 Å². The van der Waals surface area contributed by atoms with Gasteiger partial charge in [-0.3, -0.25) is 0 Å². The molecular formula is C25H31N5O4S. The topological polar surface area (TPSA) is 97.8 Å². The van der Waals surface area contributed by atoms with E-state index in [9.17, 15) is 4.79 Å². The molecule has 2 heterocycles. The smallest absolute Gasteiger partial charge is 0.319 e. The normalized spacial score (nSPS) is 13.9. The highest BCUT2D eigenvalue weighted by Gasteiger charge is 2.22. The summed E-state index contributed by atoms with van der Waals surface area (Å²) in [5.41, 5.74) is 1.73. The van der Waals surface area contributed by atoms with Gasteiger partial charge in [0.1, 0.15) is 23.1 Å². The molecule has 0 spiro atoms. The van der Waals surface area contributed by atoms with Gasteiger partial charge < -0.3 is 29.7 Å². The largest absolute Gasteiger partial charge is 0.497 e. The van der Waals surface area contributed by atoms with Crippen LogP contribution in [0.5, 0.6) is 17.2 Å². The molecule has 0 saturated carbocycles. The first-order chi connectivity index (χ1) is 17.1. The molecule has 2 amide bonds. The van der Waals surface area contributed by atoms with Crippen molar-refractivity contribution < 1.29 is 19.0 Å². The third kappa shape index (κ3) is 6.54. The first kappa shape index (κ1) is 24.6. The van der Waals surface area contributed by atoms with Gasteiger partial charge in [-0.25, -0.2) is 9.78 Å². The minimum atomic E-state index is -0.248. The van der Waals surface area contributed by atoms with Crippen LogP contribution >= 0.6 is 11.5 Å². The van der Waals surface area contributed by atoms with Gasteiger partial charge in [-0.1, -0.05) is 12.1 Å². The van der Waals surface area contributed by atoms with Gasteiger partial charge in [-0.05, 0) is 48.6 Å². The lowest BCUT2D eigenvalue weighted by molar-refractivity contribution is 0.248. The Hall–Kier alpha value is -3.53. The minimum absolute atomic E-state index is 0.248. The molecule has 0 atom stereocenters. The van der Waals surface area contributed by atoms with Gasteiger partial charge in [-0.15, -0.1) is 0 Å². The van der Waals surface area contributed by atoms with E-state index < -0.39 is 0 Å². The van der Waals surface area contributed by atoms with E-state index in [0.717, 1.165) is 48.2 Å². The van der Waals surface area contributed by atoms with Crippen molar-refractivity contribution in [2.24, 2.45) is 5.92 Å². The summed E-state index contributed by atoms with van der Waals surface area (Å²) in [6, 6.07) is 13.0. The van der Waals surface area contributed by atoms with Crippen molar-refractivity contribution in [3.05, 3.63) is 53.9 Å². The molecule has 2 N–H and O–H groups in total. The summed E-state index contributed by atoms with van der Waals surface area (Å²) in [6.07, 6.45) is 2.65. The zero-order chi connectivity index (χ0) is 24.6. The van der Waals surface area contributed by atoms with Crippen LogP contribution < -0.4 is 29.7 Å². The SMILES string of the molecule is COc1cccc(Cc2nsc(N3CCC(CNC(=O)Nc4ccc(OC)cc4OC)CC3)n2)c1. The quantitative estimate of drug-likeness (QED) is 0.457. The van der Waals surface area contributed by atoms with Crippen LogP contribution in [-0.2, 0) is 6.42 Å². The van der Waals surface area contributed by atoms with Crippen molar-refractivity contribution >= 4 is 28.4 Å². The van der Waals surface area contributed by atoms with Crippen molar-refractivity contribution in [3.8, 4) is 17.2 Å². The Morgan fingerprint density at radius 3 is 2.57 bits per heavy atom. The average molecular weight is 498 g/mol. The maximum Gasteiger partial charge on any atom is 0.319 e. The second kappa shape index (κ2) is 11.7. The van der Waals surface area contributed by atoms with Crippen LogP contribution in [0, 0.1) is 5.92 Å². The number of benzene rings is 2. The van der Waals surface area contributed by atoms with Crippen LogP contribution in [-0.4, -0.2) is 56.4 Å². The highest BCUT2D eigenvalue weighted by atomic mass is 32.1. The Morgan fingerprint density at radius 2 is 1.83 bits per heavy atom. The summed E-state index contributed by atoms with van der Waals surface area (Å²) in [5, 5.41) is 6.79. The molecule has 35 heavy (non-hydrogen) atoms. The van der Waals surface area contributed by atoms with Crippen LogP contribution in [0.3, 0.4) is 0 Å². The van der Waals surface area contributed by atoms with Gasteiger partial charge in [0.2, 0.25) is 5.13 Å². The lowest BCUT2D eigenvalue weighted by atomic mass is 9.97. The van der Waals surface area contributed by atoms with E-state index in [1.165, 1.54) is 11.5 Å². The number of anilines is 2. The molecule has 10 heteroatoms. The Kier molecular flexibility index (Phi) is 8.25. The lowest BCUT2D eigenvalue weighted by Crippen LogP contribution is -2.39. The van der Waals surface area contributed by atoms with Crippen molar-refractivity contribution in [1.82, 2.24) is 14.7 Å². The van der Waals surface area contributed by atoms with E-state index in [2.05, 4.69) is 26.0 Å². The summed E-state index contributed by atoms with van der Waals surface area (Å²) in [4.78, 5) is 19.4. The Balaban J connectivity index is 1.22. The fourth-order valence-electron chi connectivity index (χ4n) is 4.04. The van der Waals surface area contributed by atoms with Gasteiger partial charge in [-0.2, -0.15) is 4.37 Å². The number of carbonyl (C=O) groups excluding carboxylic acids is 1. The second-order valence-electron chi connectivity index (χ2n) is 8.35. The van der Waals surface area contributed by atoms with Crippen LogP contribution in [0.15, 0.2) is 42.5 Å². The molecule has 2 aromatic carbocycles. The summed E-state index contributed by atoms with van der Waals surface area (Å²) < 4.78 is 20.4. The molecule has 1 fully saturated rings. The summed E-state index contributed by atoms with van der Waals surface area (Å²) >= 11 is 1.45. The van der Waals surface area contributed by atoms with Crippen molar-refractivity contribution in [3.63, 3.8) is 0 Å². The predicted octanol–water partition coefficient (Wildman–Crippen LogP) is 4.19. The van der Waals surface area contributed by atoms with Gasteiger partial charge in [0, 0.05) is 43.7 Å².